The Hall–Kier alpha value is -3.00. The first kappa shape index (κ1) is 19.8. The molecule has 1 aliphatic rings. The number of hydrogen-bond acceptors (Lipinski definition) is 4. The Morgan fingerprint density at radius 2 is 1.71 bits per heavy atom. The lowest BCUT2D eigenvalue weighted by Crippen LogP contribution is -2.48. The number of carbonyl (C=O) groups excluding carboxylic acids is 2. The van der Waals surface area contributed by atoms with Crippen LogP contribution in [0, 0.1) is 5.82 Å². The van der Waals surface area contributed by atoms with E-state index in [4.69, 9.17) is 12.2 Å². The second-order valence-corrected chi connectivity index (χ2v) is 6.87. The molecule has 0 atom stereocenters. The Bertz CT molecular complexity index is 880. The van der Waals surface area contributed by atoms with Crippen LogP contribution in [0.25, 0.3) is 0 Å². The molecule has 0 unspecified atom stereocenters. The van der Waals surface area contributed by atoms with E-state index >= 15 is 0 Å². The van der Waals surface area contributed by atoms with Gasteiger partial charge in [0.2, 0.25) is 5.91 Å². The van der Waals surface area contributed by atoms with Gasteiger partial charge in [-0.25, -0.2) is 4.39 Å². The smallest absolute Gasteiger partial charge is 0.257 e. The number of nitrogens with one attached hydrogen (secondary N) is 2. The molecule has 0 saturated carbocycles. The number of piperazine rings is 1. The first-order valence-electron chi connectivity index (χ1n) is 8.91. The summed E-state index contributed by atoms with van der Waals surface area (Å²) in [6, 6.07) is 13.1. The molecule has 0 aliphatic carbocycles. The van der Waals surface area contributed by atoms with Crippen LogP contribution in [0.15, 0.2) is 48.5 Å². The van der Waals surface area contributed by atoms with Crippen molar-refractivity contribution in [3.05, 3.63) is 59.9 Å². The largest absolute Gasteiger partial charge is 0.368 e. The maximum absolute atomic E-state index is 13.2. The van der Waals surface area contributed by atoms with Gasteiger partial charge in [0.15, 0.2) is 5.11 Å². The van der Waals surface area contributed by atoms with Gasteiger partial charge in [0, 0.05) is 50.0 Å². The highest BCUT2D eigenvalue weighted by atomic mass is 32.1. The van der Waals surface area contributed by atoms with Crippen LogP contribution in [0.4, 0.5) is 15.8 Å². The summed E-state index contributed by atoms with van der Waals surface area (Å²) in [5, 5.41) is 5.61. The zero-order valence-electron chi connectivity index (χ0n) is 15.4. The molecule has 8 heteroatoms. The standard InChI is InChI=1S/C20H21FN4O2S/c1-14(26)24-9-11-25(12-10-24)18-7-5-17(6-8-18)22-20(28)23-19(27)15-3-2-4-16(21)13-15/h2-8,13H,9-12H2,1H3,(H2,22,23,27,28). The fourth-order valence-corrected chi connectivity index (χ4v) is 3.21. The van der Waals surface area contributed by atoms with Gasteiger partial charge >= 0.3 is 0 Å². The average molecular weight is 400 g/mol. The van der Waals surface area contributed by atoms with E-state index in [9.17, 15) is 14.0 Å². The molecular formula is C20H21FN4O2S. The third-order valence-corrected chi connectivity index (χ3v) is 4.73. The minimum absolute atomic E-state index is 0.105. The van der Waals surface area contributed by atoms with E-state index in [0.717, 1.165) is 30.5 Å². The Kier molecular flexibility index (Phi) is 6.20. The highest BCUT2D eigenvalue weighted by molar-refractivity contribution is 7.80. The summed E-state index contributed by atoms with van der Waals surface area (Å²) in [6.45, 7) is 4.59. The molecule has 1 heterocycles. The summed E-state index contributed by atoms with van der Waals surface area (Å²) >= 11 is 5.16. The van der Waals surface area contributed by atoms with Gasteiger partial charge in [-0.05, 0) is 54.7 Å². The molecule has 0 spiro atoms. The lowest BCUT2D eigenvalue weighted by atomic mass is 10.2. The molecule has 146 valence electrons. The number of halogens is 1. The number of carbonyl (C=O) groups is 2. The normalized spacial score (nSPS) is 13.8. The number of amides is 2. The highest BCUT2D eigenvalue weighted by Crippen LogP contribution is 2.19. The predicted octanol–water partition coefficient (Wildman–Crippen LogP) is 2.62. The summed E-state index contributed by atoms with van der Waals surface area (Å²) in [6.07, 6.45) is 0. The molecule has 2 N–H and O–H groups in total. The number of rotatable bonds is 3. The van der Waals surface area contributed by atoms with Crippen LogP contribution in [0.1, 0.15) is 17.3 Å². The summed E-state index contributed by atoms with van der Waals surface area (Å²) < 4.78 is 13.2. The Morgan fingerprint density at radius 3 is 2.32 bits per heavy atom. The van der Waals surface area contributed by atoms with E-state index in [1.165, 1.54) is 18.2 Å². The van der Waals surface area contributed by atoms with Crippen LogP contribution < -0.4 is 15.5 Å². The predicted molar refractivity (Wildman–Crippen MR) is 111 cm³/mol. The van der Waals surface area contributed by atoms with E-state index in [0.29, 0.717) is 13.1 Å². The average Bonchev–Trinajstić information content (AvgIpc) is 2.68. The fraction of sp³-hybridized carbons (Fsp3) is 0.250. The van der Waals surface area contributed by atoms with Crippen LogP contribution in [-0.4, -0.2) is 48.0 Å². The third-order valence-electron chi connectivity index (χ3n) is 4.53. The zero-order chi connectivity index (χ0) is 20.1. The Labute approximate surface area is 168 Å². The third kappa shape index (κ3) is 5.04. The number of anilines is 2. The molecule has 1 fully saturated rings. The first-order valence-corrected chi connectivity index (χ1v) is 9.31. The second kappa shape index (κ2) is 8.79. The lowest BCUT2D eigenvalue weighted by molar-refractivity contribution is -0.129. The quantitative estimate of drug-likeness (QED) is 0.776. The van der Waals surface area contributed by atoms with Crippen LogP contribution in [0.3, 0.4) is 0 Å². The molecular weight excluding hydrogens is 379 g/mol. The second-order valence-electron chi connectivity index (χ2n) is 6.46. The van der Waals surface area contributed by atoms with Gasteiger partial charge in [0.05, 0.1) is 0 Å². The van der Waals surface area contributed by atoms with E-state index in [1.54, 1.807) is 6.92 Å². The van der Waals surface area contributed by atoms with Crippen LogP contribution in [0.5, 0.6) is 0 Å². The molecule has 0 aromatic heterocycles. The SMILES string of the molecule is CC(=O)N1CCN(c2ccc(NC(=S)NC(=O)c3cccc(F)c3)cc2)CC1. The highest BCUT2D eigenvalue weighted by Gasteiger charge is 2.18. The summed E-state index contributed by atoms with van der Waals surface area (Å²) in [7, 11) is 0. The van der Waals surface area contributed by atoms with Crippen molar-refractivity contribution in [2.24, 2.45) is 0 Å². The monoisotopic (exact) mass is 400 g/mol. The van der Waals surface area contributed by atoms with Crippen molar-refractivity contribution < 1.29 is 14.0 Å². The zero-order valence-corrected chi connectivity index (χ0v) is 16.3. The van der Waals surface area contributed by atoms with Crippen LogP contribution in [-0.2, 0) is 4.79 Å². The van der Waals surface area contributed by atoms with E-state index in [2.05, 4.69) is 15.5 Å². The minimum atomic E-state index is -0.480. The molecule has 6 nitrogen and oxygen atoms in total. The van der Waals surface area contributed by atoms with Gasteiger partial charge in [0.25, 0.3) is 5.91 Å². The van der Waals surface area contributed by atoms with Gasteiger partial charge in [0.1, 0.15) is 5.82 Å². The molecule has 2 amide bonds. The molecule has 2 aromatic rings. The fourth-order valence-electron chi connectivity index (χ4n) is 3.00. The van der Waals surface area contributed by atoms with Gasteiger partial charge in [-0.2, -0.15) is 0 Å². The van der Waals surface area contributed by atoms with Crippen LogP contribution in [0.2, 0.25) is 0 Å². The molecule has 1 saturated heterocycles. The molecule has 2 aromatic carbocycles. The van der Waals surface area contributed by atoms with Crippen molar-refractivity contribution in [3.8, 4) is 0 Å². The van der Waals surface area contributed by atoms with Gasteiger partial charge in [-0.15, -0.1) is 0 Å². The maximum Gasteiger partial charge on any atom is 0.257 e. The number of thiocarbonyl (C=S) groups is 1. The molecule has 28 heavy (non-hydrogen) atoms. The van der Waals surface area contributed by atoms with Gasteiger partial charge < -0.3 is 15.1 Å². The van der Waals surface area contributed by atoms with E-state index in [1.807, 2.05) is 29.2 Å². The maximum atomic E-state index is 13.2. The topological polar surface area (TPSA) is 64.7 Å². The van der Waals surface area contributed by atoms with Crippen molar-refractivity contribution in [2.75, 3.05) is 36.4 Å². The number of nitrogens with zero attached hydrogens (tertiary/aromatic N) is 2. The van der Waals surface area contributed by atoms with Crippen molar-refractivity contribution in [1.82, 2.24) is 10.2 Å². The van der Waals surface area contributed by atoms with Gasteiger partial charge in [-0.3, -0.25) is 14.9 Å². The van der Waals surface area contributed by atoms with Crippen molar-refractivity contribution in [2.45, 2.75) is 6.92 Å². The summed E-state index contributed by atoms with van der Waals surface area (Å²) in [5.74, 6) is -0.851. The van der Waals surface area contributed by atoms with Crippen molar-refractivity contribution in [1.29, 1.82) is 0 Å². The summed E-state index contributed by atoms with van der Waals surface area (Å²) in [5.41, 5.74) is 1.99. The number of hydrogen-bond donors (Lipinski definition) is 2. The molecule has 1 aliphatic heterocycles. The van der Waals surface area contributed by atoms with Crippen LogP contribution >= 0.6 is 12.2 Å². The van der Waals surface area contributed by atoms with E-state index < -0.39 is 11.7 Å². The molecule has 3 rings (SSSR count). The van der Waals surface area contributed by atoms with Gasteiger partial charge in [-0.1, -0.05) is 6.07 Å². The van der Waals surface area contributed by atoms with Crippen molar-refractivity contribution >= 4 is 40.5 Å². The Morgan fingerprint density at radius 1 is 1.04 bits per heavy atom. The van der Waals surface area contributed by atoms with E-state index in [-0.39, 0.29) is 16.6 Å². The van der Waals surface area contributed by atoms with Crippen molar-refractivity contribution in [3.63, 3.8) is 0 Å². The lowest BCUT2D eigenvalue weighted by Gasteiger charge is -2.35. The number of benzene rings is 2. The molecule has 0 radical (unpaired) electrons. The first-order chi connectivity index (χ1) is 13.4. The minimum Gasteiger partial charge on any atom is -0.368 e. The summed E-state index contributed by atoms with van der Waals surface area (Å²) in [4.78, 5) is 27.6. The molecule has 0 bridgehead atoms. The Balaban J connectivity index is 1.53.